The minimum atomic E-state index is -0.992. The molecule has 0 aromatic heterocycles. The zero-order valence-electron chi connectivity index (χ0n) is 8.20. The predicted octanol–water partition coefficient (Wildman–Crippen LogP) is 1.10. The van der Waals surface area contributed by atoms with E-state index >= 15 is 0 Å². The van der Waals surface area contributed by atoms with Gasteiger partial charge in [0.05, 0.1) is 0 Å². The van der Waals surface area contributed by atoms with E-state index < -0.39 is 18.2 Å². The monoisotopic (exact) mass is 199 g/mol. The van der Waals surface area contributed by atoms with Crippen LogP contribution in [0.25, 0.3) is 0 Å². The van der Waals surface area contributed by atoms with E-state index in [1.54, 1.807) is 0 Å². The molecule has 2 N–H and O–H groups in total. The summed E-state index contributed by atoms with van der Waals surface area (Å²) in [4.78, 5) is 21.3. The topological polar surface area (TPSA) is 78.6 Å². The highest BCUT2D eigenvalue weighted by molar-refractivity contribution is 5.87. The highest BCUT2D eigenvalue weighted by atomic mass is 16.6. The molecule has 0 spiro atoms. The van der Waals surface area contributed by atoms with E-state index in [0.717, 1.165) is 0 Å². The van der Waals surface area contributed by atoms with Gasteiger partial charge in [0.1, 0.15) is 5.76 Å². The first kappa shape index (κ1) is 12.2. The van der Waals surface area contributed by atoms with Gasteiger partial charge in [-0.1, -0.05) is 13.2 Å². The Hall–Kier alpha value is -1.78. The molecule has 0 rings (SSSR count). The van der Waals surface area contributed by atoms with Crippen molar-refractivity contribution in [2.75, 3.05) is 0 Å². The van der Waals surface area contributed by atoms with Crippen LogP contribution in [0.3, 0.4) is 0 Å². The molecule has 5 nitrogen and oxygen atoms in total. The SMILES string of the molecule is C=C(C)C(=O)OC(C)C(=C)OC(N)=O. The van der Waals surface area contributed by atoms with Gasteiger partial charge in [-0.3, -0.25) is 0 Å². The van der Waals surface area contributed by atoms with Crippen molar-refractivity contribution >= 4 is 12.1 Å². The Morgan fingerprint density at radius 1 is 1.36 bits per heavy atom. The molecule has 0 bridgehead atoms. The molecule has 1 unspecified atom stereocenters. The Morgan fingerprint density at radius 3 is 2.21 bits per heavy atom. The highest BCUT2D eigenvalue weighted by Crippen LogP contribution is 2.07. The van der Waals surface area contributed by atoms with Crippen LogP contribution in [-0.2, 0) is 14.3 Å². The number of rotatable bonds is 4. The molecule has 0 aliphatic heterocycles. The van der Waals surface area contributed by atoms with Crippen LogP contribution in [0.2, 0.25) is 0 Å². The number of nitrogens with two attached hydrogens (primary N) is 1. The number of hydrogen-bond acceptors (Lipinski definition) is 4. The fourth-order valence-corrected chi connectivity index (χ4v) is 0.539. The van der Waals surface area contributed by atoms with Gasteiger partial charge in [-0.05, 0) is 13.8 Å². The van der Waals surface area contributed by atoms with Crippen molar-refractivity contribution in [3.8, 4) is 0 Å². The van der Waals surface area contributed by atoms with Crippen LogP contribution in [0.15, 0.2) is 24.5 Å². The number of amides is 1. The maximum absolute atomic E-state index is 11.0. The largest absolute Gasteiger partial charge is 0.451 e. The number of primary amides is 1. The summed E-state index contributed by atoms with van der Waals surface area (Å²) in [5.41, 5.74) is 5.00. The fraction of sp³-hybridized carbons (Fsp3) is 0.333. The van der Waals surface area contributed by atoms with Crippen molar-refractivity contribution in [2.24, 2.45) is 5.73 Å². The van der Waals surface area contributed by atoms with Crippen LogP contribution in [0.1, 0.15) is 13.8 Å². The van der Waals surface area contributed by atoms with Crippen LogP contribution in [0.4, 0.5) is 4.79 Å². The molecule has 5 heteroatoms. The van der Waals surface area contributed by atoms with E-state index in [1.807, 2.05) is 0 Å². The zero-order chi connectivity index (χ0) is 11.3. The van der Waals surface area contributed by atoms with E-state index in [0.29, 0.717) is 0 Å². The van der Waals surface area contributed by atoms with Gasteiger partial charge in [0.2, 0.25) is 0 Å². The average Bonchev–Trinajstić information content (AvgIpc) is 2.02. The van der Waals surface area contributed by atoms with Gasteiger partial charge in [-0.15, -0.1) is 0 Å². The van der Waals surface area contributed by atoms with Gasteiger partial charge in [0.15, 0.2) is 6.10 Å². The maximum atomic E-state index is 11.0. The molecule has 14 heavy (non-hydrogen) atoms. The summed E-state index contributed by atoms with van der Waals surface area (Å²) in [6, 6.07) is 0. The van der Waals surface area contributed by atoms with Crippen LogP contribution in [0.5, 0.6) is 0 Å². The van der Waals surface area contributed by atoms with Gasteiger partial charge in [0, 0.05) is 5.57 Å². The Labute approximate surface area is 82.2 Å². The van der Waals surface area contributed by atoms with Crippen LogP contribution < -0.4 is 5.73 Å². The summed E-state index contributed by atoms with van der Waals surface area (Å²) >= 11 is 0. The van der Waals surface area contributed by atoms with Crippen molar-refractivity contribution in [1.29, 1.82) is 0 Å². The summed E-state index contributed by atoms with van der Waals surface area (Å²) in [6.45, 7) is 9.78. The third-order valence-electron chi connectivity index (χ3n) is 1.32. The molecule has 0 aliphatic carbocycles. The fourth-order valence-electron chi connectivity index (χ4n) is 0.539. The number of esters is 1. The van der Waals surface area contributed by atoms with E-state index in [-0.39, 0.29) is 11.3 Å². The second-order valence-corrected chi connectivity index (χ2v) is 2.72. The first-order valence-electron chi connectivity index (χ1n) is 3.87. The molecule has 0 aliphatic rings. The van der Waals surface area contributed by atoms with Crippen molar-refractivity contribution in [3.63, 3.8) is 0 Å². The molecule has 0 saturated heterocycles. The lowest BCUT2D eigenvalue weighted by molar-refractivity contribution is -0.142. The molecule has 78 valence electrons. The summed E-state index contributed by atoms with van der Waals surface area (Å²) in [5, 5.41) is 0. The minimum Gasteiger partial charge on any atom is -0.451 e. The van der Waals surface area contributed by atoms with Gasteiger partial charge in [0.25, 0.3) is 0 Å². The second-order valence-electron chi connectivity index (χ2n) is 2.72. The van der Waals surface area contributed by atoms with Crippen LogP contribution in [0, 0.1) is 0 Å². The first-order valence-corrected chi connectivity index (χ1v) is 3.87. The average molecular weight is 199 g/mol. The molecule has 1 amide bonds. The van der Waals surface area contributed by atoms with E-state index in [4.69, 9.17) is 10.5 Å². The normalized spacial score (nSPS) is 11.3. The summed E-state index contributed by atoms with van der Waals surface area (Å²) in [7, 11) is 0. The predicted molar refractivity (Wildman–Crippen MR) is 50.2 cm³/mol. The van der Waals surface area contributed by atoms with Crippen molar-refractivity contribution < 1.29 is 19.1 Å². The smallest absolute Gasteiger partial charge is 0.409 e. The number of ether oxygens (including phenoxy) is 2. The molecule has 0 fully saturated rings. The van der Waals surface area contributed by atoms with E-state index in [1.165, 1.54) is 13.8 Å². The summed E-state index contributed by atoms with van der Waals surface area (Å²) < 4.78 is 9.23. The Kier molecular flexibility index (Phi) is 4.42. The van der Waals surface area contributed by atoms with Crippen LogP contribution >= 0.6 is 0 Å². The summed E-state index contributed by atoms with van der Waals surface area (Å²) in [6.07, 6.45) is -1.74. The Morgan fingerprint density at radius 2 is 1.86 bits per heavy atom. The van der Waals surface area contributed by atoms with Crippen molar-refractivity contribution in [3.05, 3.63) is 24.5 Å². The Balaban J connectivity index is 4.14. The third-order valence-corrected chi connectivity index (χ3v) is 1.32. The second kappa shape index (κ2) is 5.06. The molecule has 0 saturated carbocycles. The molecular formula is C9H13NO4. The highest BCUT2D eigenvalue weighted by Gasteiger charge is 2.15. The molecule has 1 atom stereocenters. The number of carbonyl (C=O) groups excluding carboxylic acids is 2. The van der Waals surface area contributed by atoms with Crippen molar-refractivity contribution in [2.45, 2.75) is 20.0 Å². The Bertz CT molecular complexity index is 283. The molecule has 0 aromatic rings. The summed E-state index contributed by atoms with van der Waals surface area (Å²) in [5.74, 6) is -0.598. The van der Waals surface area contributed by atoms with Gasteiger partial charge in [-0.25, -0.2) is 9.59 Å². The first-order chi connectivity index (χ1) is 6.34. The minimum absolute atomic E-state index is 0.0212. The molecule has 0 heterocycles. The van der Waals surface area contributed by atoms with Crippen molar-refractivity contribution in [1.82, 2.24) is 0 Å². The van der Waals surface area contributed by atoms with E-state index in [9.17, 15) is 9.59 Å². The lowest BCUT2D eigenvalue weighted by Gasteiger charge is -2.14. The lowest BCUT2D eigenvalue weighted by Crippen LogP contribution is -2.22. The zero-order valence-corrected chi connectivity index (χ0v) is 8.20. The number of hydrogen-bond donors (Lipinski definition) is 1. The lowest BCUT2D eigenvalue weighted by atomic mass is 10.3. The quantitative estimate of drug-likeness (QED) is 0.417. The van der Waals surface area contributed by atoms with Gasteiger partial charge < -0.3 is 15.2 Å². The molecule has 0 radical (unpaired) electrons. The van der Waals surface area contributed by atoms with E-state index in [2.05, 4.69) is 17.9 Å². The van der Waals surface area contributed by atoms with Crippen LogP contribution in [-0.4, -0.2) is 18.2 Å². The standard InChI is InChI=1S/C9H13NO4/c1-5(2)8(11)13-6(3)7(4)14-9(10)12/h6H,1,4H2,2-3H3,(H2,10,12). The molecule has 0 aromatic carbocycles. The van der Waals surface area contributed by atoms with Gasteiger partial charge in [-0.2, -0.15) is 0 Å². The third kappa shape index (κ3) is 4.30. The van der Waals surface area contributed by atoms with Gasteiger partial charge >= 0.3 is 12.1 Å². The maximum Gasteiger partial charge on any atom is 0.409 e. The molecular weight excluding hydrogens is 186 g/mol. The number of carbonyl (C=O) groups is 2.